The molecule has 4 aliphatic carbocycles. The summed E-state index contributed by atoms with van der Waals surface area (Å²) in [4.78, 5) is 93.4. The number of aromatic nitrogens is 2. The van der Waals surface area contributed by atoms with Crippen LogP contribution in [0.1, 0.15) is 152 Å². The summed E-state index contributed by atoms with van der Waals surface area (Å²) in [5, 5.41) is 12.2. The minimum absolute atomic E-state index is 0.0541. The van der Waals surface area contributed by atoms with E-state index in [4.69, 9.17) is 19.2 Å². The third-order valence-electron chi connectivity index (χ3n) is 19.8. The number of ether oxygens (including phenoxy) is 3. The third kappa shape index (κ3) is 9.73. The molecule has 0 bridgehead atoms. The van der Waals surface area contributed by atoms with E-state index >= 15 is 0 Å². The topological polar surface area (TPSA) is 181 Å². The SMILES string of the molecule is CCC1(O)C(=O)OCc2c1cc1n(c2=O)Cc2cc3c(CN(C)C)c(OC(=O)N4[C@H](C)CN(CCCCCCN(C)c5ccc([C@H]6C[C@@]7(C)[C@@H](CC[C@]7(OC(C)=O)C(C)=O)[C@@H]7CCC8=CC(=O)CCC8=C76)cc5)C[C@H]4C)ccc3nc2-1. The van der Waals surface area contributed by atoms with E-state index in [1.165, 1.54) is 29.2 Å². The second-order valence-electron chi connectivity index (χ2n) is 25.1. The number of nitrogens with zero attached hydrogens (tertiary/aromatic N) is 6. The Balaban J connectivity index is 0.693. The van der Waals surface area contributed by atoms with E-state index in [0.717, 1.165) is 99.7 Å². The van der Waals surface area contributed by atoms with E-state index in [2.05, 4.69) is 61.9 Å². The van der Waals surface area contributed by atoms with Crippen molar-refractivity contribution in [2.75, 3.05) is 52.2 Å². The molecule has 1 saturated heterocycles. The molecule has 16 heteroatoms. The number of piperazine rings is 1. The first kappa shape index (κ1) is 56.4. The molecule has 0 radical (unpaired) electrons. The van der Waals surface area contributed by atoms with Gasteiger partial charge in [-0.2, -0.15) is 0 Å². The molecule has 430 valence electrons. The van der Waals surface area contributed by atoms with Gasteiger partial charge in [0.2, 0.25) is 0 Å². The summed E-state index contributed by atoms with van der Waals surface area (Å²) in [6.07, 6.45) is 11.1. The summed E-state index contributed by atoms with van der Waals surface area (Å²) >= 11 is 0. The van der Waals surface area contributed by atoms with Crippen molar-refractivity contribution in [3.8, 4) is 17.1 Å². The van der Waals surface area contributed by atoms with Crippen LogP contribution in [0.3, 0.4) is 0 Å². The van der Waals surface area contributed by atoms with Crippen molar-refractivity contribution in [1.82, 2.24) is 24.3 Å². The molecule has 1 N–H and O–H groups in total. The highest BCUT2D eigenvalue weighted by atomic mass is 16.6. The maximum atomic E-state index is 14.2. The van der Waals surface area contributed by atoms with Crippen molar-refractivity contribution >= 4 is 46.2 Å². The molecule has 16 nitrogen and oxygen atoms in total. The Kier molecular flexibility index (Phi) is 15.1. The van der Waals surface area contributed by atoms with Crippen molar-refractivity contribution in [2.45, 2.75) is 167 Å². The van der Waals surface area contributed by atoms with Crippen LogP contribution in [0.25, 0.3) is 22.3 Å². The number of benzene rings is 2. The van der Waals surface area contributed by atoms with E-state index in [0.29, 0.717) is 48.5 Å². The Hall–Kier alpha value is -6.49. The summed E-state index contributed by atoms with van der Waals surface area (Å²) in [6, 6.07) is 16.2. The first-order valence-electron chi connectivity index (χ1n) is 29.6. The fraction of sp³-hybridized carbons (Fsp3) is 0.554. The molecule has 1 amide bonds. The van der Waals surface area contributed by atoms with Crippen molar-refractivity contribution < 1.29 is 43.3 Å². The van der Waals surface area contributed by atoms with Gasteiger partial charge in [0.1, 0.15) is 12.4 Å². The number of hydrogen-bond acceptors (Lipinski definition) is 14. The second kappa shape index (κ2) is 21.7. The predicted molar refractivity (Wildman–Crippen MR) is 309 cm³/mol. The number of cyclic esters (lactones) is 1. The number of ketones is 2. The monoisotopic (exact) mass is 1100 g/mol. The smallest absolute Gasteiger partial charge is 0.415 e. The molecule has 81 heavy (non-hydrogen) atoms. The normalized spacial score (nSPS) is 27.7. The van der Waals surface area contributed by atoms with Gasteiger partial charge in [-0.15, -0.1) is 0 Å². The number of amides is 1. The Bertz CT molecular complexity index is 3350. The standard InChI is InChI=1S/C65H80N6O10/c1-10-64(78)54-31-56-59-44(35-70(56)60(75)52(54)37-79-61(64)76)30-49-51(36-67(7)8)57(24-23-55(49)66-59)80-62(77)71-38(2)33-69(34-39(71)3)28-14-12-11-13-27-68(9)45-18-15-42(16-19-45)50-32-63(6)53(25-26-65(63,40(4)72)81-41(5)73)48-21-17-43-29-46(74)20-22-47(43)58(48)50/h15-16,18-19,23-24,29-31,38-39,48,50,53,78H,10-14,17,20-22,25-28,32-37H2,1-9H3/t38-,39-,48+,50-,53+,63+,64?,65+/m1/s1. The summed E-state index contributed by atoms with van der Waals surface area (Å²) < 4.78 is 19.3. The van der Waals surface area contributed by atoms with Crippen LogP contribution in [-0.4, -0.2) is 124 Å². The van der Waals surface area contributed by atoms with Crippen LogP contribution in [-0.2, 0) is 53.9 Å². The number of aliphatic hydroxyl groups is 1. The van der Waals surface area contributed by atoms with Crippen LogP contribution >= 0.6 is 0 Å². The molecule has 11 rings (SSSR count). The molecule has 3 fully saturated rings. The number of allylic oxidation sites excluding steroid dienone is 4. The number of carbonyl (C=O) groups excluding carboxylic acids is 5. The first-order chi connectivity index (χ1) is 38.7. The number of Topliss-reactive ketones (excluding diaryl/α,β-unsaturated/α-hetero) is 1. The number of rotatable bonds is 15. The number of unbranched alkanes of at least 4 members (excludes halogenated alkanes) is 3. The number of fused-ring (bicyclic) bond motifs is 9. The van der Waals surface area contributed by atoms with E-state index in [1.54, 1.807) is 30.5 Å². The van der Waals surface area contributed by atoms with Gasteiger partial charge >= 0.3 is 18.0 Å². The van der Waals surface area contributed by atoms with Crippen molar-refractivity contribution in [2.24, 2.45) is 17.3 Å². The third-order valence-corrected chi connectivity index (χ3v) is 19.8. The largest absolute Gasteiger partial charge is 0.458 e. The molecule has 2 aromatic carbocycles. The fourth-order valence-electron chi connectivity index (χ4n) is 15.9. The Labute approximate surface area is 475 Å². The lowest BCUT2D eigenvalue weighted by Gasteiger charge is -2.55. The van der Waals surface area contributed by atoms with Gasteiger partial charge in [-0.3, -0.25) is 29.0 Å². The first-order valence-corrected chi connectivity index (χ1v) is 29.6. The van der Waals surface area contributed by atoms with Gasteiger partial charge in [0.25, 0.3) is 5.56 Å². The zero-order valence-electron chi connectivity index (χ0n) is 48.8. The predicted octanol–water partition coefficient (Wildman–Crippen LogP) is 9.52. The van der Waals surface area contributed by atoms with Crippen molar-refractivity contribution in [3.05, 3.63) is 109 Å². The molecule has 0 spiro atoms. The van der Waals surface area contributed by atoms with Crippen LogP contribution in [0, 0.1) is 17.3 Å². The lowest BCUT2D eigenvalue weighted by Crippen LogP contribution is -2.59. The average molecular weight is 1110 g/mol. The van der Waals surface area contributed by atoms with Crippen LogP contribution < -0.4 is 15.2 Å². The molecule has 5 heterocycles. The van der Waals surface area contributed by atoms with Crippen LogP contribution in [0.15, 0.2) is 76.1 Å². The fourth-order valence-corrected chi connectivity index (χ4v) is 15.9. The average Bonchev–Trinajstić information content (AvgIpc) is 2.26. The lowest BCUT2D eigenvalue weighted by atomic mass is 9.50. The van der Waals surface area contributed by atoms with Gasteiger partial charge in [0.05, 0.1) is 29.0 Å². The van der Waals surface area contributed by atoms with Gasteiger partial charge < -0.3 is 33.7 Å². The van der Waals surface area contributed by atoms with Gasteiger partial charge in [-0.1, -0.05) is 44.4 Å². The number of carbonyl (C=O) groups is 5. The molecule has 2 saturated carbocycles. The molecule has 1 unspecified atom stereocenters. The minimum Gasteiger partial charge on any atom is -0.458 e. The van der Waals surface area contributed by atoms with Gasteiger partial charge in [0, 0.05) is 97.8 Å². The Morgan fingerprint density at radius 3 is 2.36 bits per heavy atom. The van der Waals surface area contributed by atoms with Crippen LogP contribution in [0.2, 0.25) is 0 Å². The van der Waals surface area contributed by atoms with Crippen LogP contribution in [0.5, 0.6) is 5.75 Å². The lowest BCUT2D eigenvalue weighted by molar-refractivity contribution is -0.182. The number of esters is 2. The highest BCUT2D eigenvalue weighted by Gasteiger charge is 2.67. The molecular formula is C65H80N6O10. The Morgan fingerprint density at radius 2 is 1.65 bits per heavy atom. The number of hydrogen-bond donors (Lipinski definition) is 1. The van der Waals surface area contributed by atoms with Gasteiger partial charge in [-0.05, 0) is 170 Å². The van der Waals surface area contributed by atoms with Gasteiger partial charge in [-0.25, -0.2) is 14.6 Å². The van der Waals surface area contributed by atoms with Gasteiger partial charge in [0.15, 0.2) is 22.8 Å². The summed E-state index contributed by atoms with van der Waals surface area (Å²) in [6.45, 7) is 15.0. The molecule has 8 atom stereocenters. The maximum absolute atomic E-state index is 14.2. The number of pyridine rings is 2. The molecule has 7 aliphatic rings. The summed E-state index contributed by atoms with van der Waals surface area (Å²) in [7, 11) is 6.08. The number of anilines is 1. The van der Waals surface area contributed by atoms with Crippen LogP contribution in [0.4, 0.5) is 10.5 Å². The highest BCUT2D eigenvalue weighted by molar-refractivity contribution is 5.94. The second-order valence-corrected chi connectivity index (χ2v) is 25.1. The van der Waals surface area contributed by atoms with E-state index < -0.39 is 28.6 Å². The zero-order valence-corrected chi connectivity index (χ0v) is 48.8. The highest BCUT2D eigenvalue weighted by Crippen LogP contribution is 2.68. The van der Waals surface area contributed by atoms with Crippen molar-refractivity contribution in [1.29, 1.82) is 0 Å². The molecule has 3 aliphatic heterocycles. The molecule has 4 aromatic rings. The van der Waals surface area contributed by atoms with Crippen molar-refractivity contribution in [3.63, 3.8) is 0 Å². The molecular weight excluding hydrogens is 1020 g/mol. The molecule has 2 aromatic heterocycles. The van der Waals surface area contributed by atoms with E-state index in [9.17, 15) is 33.9 Å². The van der Waals surface area contributed by atoms with E-state index in [-0.39, 0.29) is 83.8 Å². The minimum atomic E-state index is -1.91. The maximum Gasteiger partial charge on any atom is 0.415 e. The summed E-state index contributed by atoms with van der Waals surface area (Å²) in [5.41, 5.74) is 6.48. The quantitative estimate of drug-likeness (QED) is 0.0773. The summed E-state index contributed by atoms with van der Waals surface area (Å²) in [5.74, 6) is -0.00997. The zero-order chi connectivity index (χ0) is 57.4. The Morgan fingerprint density at radius 1 is 0.914 bits per heavy atom. The van der Waals surface area contributed by atoms with E-state index in [1.807, 2.05) is 42.1 Å².